The number of carbonyl (C=O) groups is 1. The minimum atomic E-state index is 0.0774. The molecule has 1 amide bonds. The predicted molar refractivity (Wildman–Crippen MR) is 151 cm³/mol. The number of aromatic nitrogens is 7. The first-order valence-corrected chi connectivity index (χ1v) is 13.2. The van der Waals surface area contributed by atoms with Crippen molar-refractivity contribution in [3.63, 3.8) is 0 Å². The highest BCUT2D eigenvalue weighted by Crippen LogP contribution is 2.34. The second-order valence-electron chi connectivity index (χ2n) is 10.0. The van der Waals surface area contributed by atoms with Crippen LogP contribution in [0.4, 0.5) is 5.69 Å². The number of hydrogen-bond acceptors (Lipinski definition) is 6. The summed E-state index contributed by atoms with van der Waals surface area (Å²) >= 11 is 0. The minimum Gasteiger partial charge on any atom is -0.352 e. The molecular formula is C30H26N8O. The largest absolute Gasteiger partial charge is 0.352 e. The van der Waals surface area contributed by atoms with E-state index in [1.165, 1.54) is 6.42 Å². The lowest BCUT2D eigenvalue weighted by Gasteiger charge is -2.20. The molecule has 1 aliphatic rings. The van der Waals surface area contributed by atoms with Crippen LogP contribution >= 0.6 is 0 Å². The number of amides is 1. The molecule has 0 bridgehead atoms. The molecule has 192 valence electrons. The molecule has 6 aromatic heterocycles. The fraction of sp³-hybridized carbons (Fsp3) is 0.200. The van der Waals surface area contributed by atoms with E-state index in [1.54, 1.807) is 31.0 Å². The van der Waals surface area contributed by atoms with Gasteiger partial charge in [-0.2, -0.15) is 5.10 Å². The lowest BCUT2D eigenvalue weighted by Crippen LogP contribution is -2.24. The average molecular weight is 515 g/mol. The molecule has 0 atom stereocenters. The molecule has 9 heteroatoms. The fourth-order valence-corrected chi connectivity index (χ4v) is 5.48. The number of hydrogen-bond donors (Lipinski definition) is 3. The van der Waals surface area contributed by atoms with Gasteiger partial charge in [-0.15, -0.1) is 0 Å². The van der Waals surface area contributed by atoms with Crippen LogP contribution in [0.2, 0.25) is 0 Å². The molecule has 1 saturated carbocycles. The highest BCUT2D eigenvalue weighted by molar-refractivity contribution is 6.01. The summed E-state index contributed by atoms with van der Waals surface area (Å²) in [7, 11) is 0. The number of fused-ring (bicyclic) bond motifs is 2. The standard InChI is InChI=1S/C30H26N8O/c39-30(19-4-2-1-3-5-19)35-21-10-20(13-32-14-21)25-12-23-28(17-34-25)37-38-29(23)26-11-22-24(15-33-16-27(22)36-26)18-6-8-31-9-7-18/h6-17,19,36H,1-5H2,(H,35,39)(H,37,38). The SMILES string of the molecule is O=C(Nc1cncc(-c2cc3c(-c4cc5c(-c6ccncc6)cncc5[nH]4)n[nH]c3cn2)c1)C1CCCCC1. The monoisotopic (exact) mass is 514 g/mol. The summed E-state index contributed by atoms with van der Waals surface area (Å²) in [5, 5.41) is 12.8. The van der Waals surface area contributed by atoms with E-state index in [4.69, 9.17) is 0 Å². The topological polar surface area (TPSA) is 125 Å². The molecule has 0 aromatic carbocycles. The van der Waals surface area contributed by atoms with Crippen LogP contribution < -0.4 is 5.32 Å². The van der Waals surface area contributed by atoms with Gasteiger partial charge >= 0.3 is 0 Å². The Balaban J connectivity index is 1.23. The summed E-state index contributed by atoms with van der Waals surface area (Å²) in [5.41, 5.74) is 7.76. The molecule has 0 spiro atoms. The zero-order valence-electron chi connectivity index (χ0n) is 21.2. The summed E-state index contributed by atoms with van der Waals surface area (Å²) in [6.07, 6.45) is 17.8. The van der Waals surface area contributed by atoms with Crippen LogP contribution in [0.25, 0.3) is 55.6 Å². The van der Waals surface area contributed by atoms with Gasteiger partial charge in [-0.05, 0) is 48.7 Å². The Hall–Kier alpha value is -4.92. The van der Waals surface area contributed by atoms with Crippen molar-refractivity contribution in [1.82, 2.24) is 35.1 Å². The summed E-state index contributed by atoms with van der Waals surface area (Å²) in [4.78, 5) is 33.8. The Kier molecular flexibility index (Phi) is 5.81. The molecule has 0 saturated heterocycles. The number of rotatable bonds is 5. The van der Waals surface area contributed by atoms with Gasteiger partial charge in [0, 0.05) is 52.6 Å². The van der Waals surface area contributed by atoms with Crippen LogP contribution in [0.15, 0.2) is 73.7 Å². The van der Waals surface area contributed by atoms with Crippen LogP contribution in [0, 0.1) is 5.92 Å². The van der Waals surface area contributed by atoms with Crippen LogP contribution in [0.1, 0.15) is 32.1 Å². The van der Waals surface area contributed by atoms with E-state index in [-0.39, 0.29) is 11.8 Å². The molecule has 6 aromatic rings. The van der Waals surface area contributed by atoms with E-state index in [0.717, 1.165) is 81.3 Å². The number of H-pyrrole nitrogens is 2. The Bertz CT molecular complexity index is 1800. The summed E-state index contributed by atoms with van der Waals surface area (Å²) < 4.78 is 0. The maximum Gasteiger partial charge on any atom is 0.227 e. The van der Waals surface area contributed by atoms with Crippen molar-refractivity contribution in [2.45, 2.75) is 32.1 Å². The molecule has 6 heterocycles. The first-order valence-electron chi connectivity index (χ1n) is 13.2. The van der Waals surface area contributed by atoms with Crippen LogP contribution in [0.3, 0.4) is 0 Å². The third-order valence-corrected chi connectivity index (χ3v) is 7.52. The molecule has 0 aliphatic heterocycles. The van der Waals surface area contributed by atoms with Crippen LogP contribution in [-0.2, 0) is 4.79 Å². The normalized spacial score (nSPS) is 14.2. The van der Waals surface area contributed by atoms with Crippen LogP contribution in [0.5, 0.6) is 0 Å². The number of nitrogens with one attached hydrogen (secondary N) is 3. The Morgan fingerprint density at radius 3 is 2.54 bits per heavy atom. The molecule has 39 heavy (non-hydrogen) atoms. The first kappa shape index (κ1) is 23.2. The molecule has 0 radical (unpaired) electrons. The van der Waals surface area contributed by atoms with Gasteiger partial charge in [0.2, 0.25) is 5.91 Å². The van der Waals surface area contributed by atoms with Gasteiger partial charge in [0.25, 0.3) is 0 Å². The van der Waals surface area contributed by atoms with Crippen molar-refractivity contribution >= 4 is 33.4 Å². The van der Waals surface area contributed by atoms with Crippen LogP contribution in [-0.4, -0.2) is 41.0 Å². The fourth-order valence-electron chi connectivity index (χ4n) is 5.48. The van der Waals surface area contributed by atoms with Crippen molar-refractivity contribution < 1.29 is 4.79 Å². The van der Waals surface area contributed by atoms with Crippen molar-refractivity contribution in [1.29, 1.82) is 0 Å². The maximum atomic E-state index is 12.8. The number of anilines is 1. The van der Waals surface area contributed by atoms with Gasteiger partial charge < -0.3 is 10.3 Å². The third kappa shape index (κ3) is 4.41. The summed E-state index contributed by atoms with van der Waals surface area (Å²) in [6.45, 7) is 0. The van der Waals surface area contributed by atoms with Crippen molar-refractivity contribution in [2.75, 3.05) is 5.32 Å². The average Bonchev–Trinajstić information content (AvgIpc) is 3.62. The number of pyridine rings is 4. The van der Waals surface area contributed by atoms with Gasteiger partial charge in [0.1, 0.15) is 5.69 Å². The summed E-state index contributed by atoms with van der Waals surface area (Å²) in [5.74, 6) is 0.157. The van der Waals surface area contributed by atoms with Gasteiger partial charge in [0.05, 0.1) is 46.7 Å². The minimum absolute atomic E-state index is 0.0774. The van der Waals surface area contributed by atoms with E-state index in [2.05, 4.69) is 46.5 Å². The Morgan fingerprint density at radius 1 is 0.821 bits per heavy atom. The second-order valence-corrected chi connectivity index (χ2v) is 10.0. The van der Waals surface area contributed by atoms with Gasteiger partial charge in [-0.1, -0.05) is 19.3 Å². The zero-order valence-corrected chi connectivity index (χ0v) is 21.2. The molecule has 1 fully saturated rings. The smallest absolute Gasteiger partial charge is 0.227 e. The van der Waals surface area contributed by atoms with Crippen molar-refractivity contribution in [3.8, 4) is 33.8 Å². The lowest BCUT2D eigenvalue weighted by molar-refractivity contribution is -0.120. The van der Waals surface area contributed by atoms with Gasteiger partial charge in [0.15, 0.2) is 0 Å². The Morgan fingerprint density at radius 2 is 1.67 bits per heavy atom. The molecule has 7 rings (SSSR count). The predicted octanol–water partition coefficient (Wildman–Crippen LogP) is 6.14. The highest BCUT2D eigenvalue weighted by Gasteiger charge is 2.21. The third-order valence-electron chi connectivity index (χ3n) is 7.52. The van der Waals surface area contributed by atoms with E-state index in [1.807, 2.05) is 36.7 Å². The lowest BCUT2D eigenvalue weighted by atomic mass is 9.88. The summed E-state index contributed by atoms with van der Waals surface area (Å²) in [6, 6.07) is 9.99. The van der Waals surface area contributed by atoms with Crippen molar-refractivity contribution in [2.24, 2.45) is 5.92 Å². The van der Waals surface area contributed by atoms with E-state index in [0.29, 0.717) is 5.69 Å². The van der Waals surface area contributed by atoms with Crippen molar-refractivity contribution in [3.05, 3.63) is 73.7 Å². The quantitative estimate of drug-likeness (QED) is 0.254. The molecule has 3 N–H and O–H groups in total. The van der Waals surface area contributed by atoms with Gasteiger partial charge in [-0.25, -0.2) is 0 Å². The maximum absolute atomic E-state index is 12.8. The van der Waals surface area contributed by atoms with Gasteiger partial charge in [-0.3, -0.25) is 29.8 Å². The number of aromatic amines is 2. The van der Waals surface area contributed by atoms with E-state index < -0.39 is 0 Å². The van der Waals surface area contributed by atoms with E-state index >= 15 is 0 Å². The number of nitrogens with zero attached hydrogens (tertiary/aromatic N) is 5. The molecule has 9 nitrogen and oxygen atoms in total. The number of carbonyl (C=O) groups excluding carboxylic acids is 1. The molecule has 1 aliphatic carbocycles. The molecular weight excluding hydrogens is 488 g/mol. The zero-order chi connectivity index (χ0) is 26.2. The Labute approximate surface area is 224 Å². The highest BCUT2D eigenvalue weighted by atomic mass is 16.1. The second kappa shape index (κ2) is 9.75. The van der Waals surface area contributed by atoms with E-state index in [9.17, 15) is 4.79 Å². The molecule has 0 unspecified atom stereocenters. The first-order chi connectivity index (χ1) is 19.2.